The molecule has 0 atom stereocenters. The predicted octanol–water partition coefficient (Wildman–Crippen LogP) is 1.07. The lowest BCUT2D eigenvalue weighted by molar-refractivity contribution is -0.269. The summed E-state index contributed by atoms with van der Waals surface area (Å²) in [6.45, 7) is -0.209. The fourth-order valence-corrected chi connectivity index (χ4v) is 0.544. The molecule has 0 rings (SSSR count). The molecule has 0 bridgehead atoms. The molecule has 0 spiro atoms. The molecule has 0 saturated heterocycles. The van der Waals surface area contributed by atoms with Crippen molar-refractivity contribution in [3.05, 3.63) is 0 Å². The minimum Gasteiger partial charge on any atom is -0.351 e. The highest BCUT2D eigenvalue weighted by Crippen LogP contribution is 2.35. The fourth-order valence-electron chi connectivity index (χ4n) is 0.544. The standard InChI is InChI=1S/C6H9F5N2O.ClH/c7-5(8,6(9,10)11)4(14)13-3-1-2-12;/h1-3,12H2,(H,13,14);1H. The van der Waals surface area contributed by atoms with Crippen molar-refractivity contribution in [3.8, 4) is 0 Å². The summed E-state index contributed by atoms with van der Waals surface area (Å²) in [5.41, 5.74) is 4.95. The number of carbonyl (C=O) groups is 1. The van der Waals surface area contributed by atoms with Crippen LogP contribution in [-0.4, -0.2) is 31.1 Å². The molecular formula is C6H10ClF5N2O. The lowest BCUT2D eigenvalue weighted by atomic mass is 10.3. The second-order valence-corrected chi connectivity index (χ2v) is 2.47. The Balaban J connectivity index is 0. The monoisotopic (exact) mass is 256 g/mol. The molecule has 0 aliphatic carbocycles. The second-order valence-electron chi connectivity index (χ2n) is 2.47. The summed E-state index contributed by atoms with van der Waals surface area (Å²) in [5, 5.41) is 1.44. The molecule has 0 aliphatic rings. The van der Waals surface area contributed by atoms with Gasteiger partial charge in [-0.25, -0.2) is 0 Å². The molecule has 0 aromatic heterocycles. The zero-order valence-electron chi connectivity index (χ0n) is 7.40. The molecule has 9 heteroatoms. The molecule has 92 valence electrons. The van der Waals surface area contributed by atoms with Gasteiger partial charge in [-0.05, 0) is 13.0 Å². The number of halogens is 6. The van der Waals surface area contributed by atoms with Crippen LogP contribution < -0.4 is 11.1 Å². The van der Waals surface area contributed by atoms with E-state index >= 15 is 0 Å². The summed E-state index contributed by atoms with van der Waals surface area (Å²) in [6, 6.07) is 0. The fraction of sp³-hybridized carbons (Fsp3) is 0.833. The Morgan fingerprint density at radius 2 is 1.67 bits per heavy atom. The van der Waals surface area contributed by atoms with Crippen LogP contribution in [0.5, 0.6) is 0 Å². The van der Waals surface area contributed by atoms with Gasteiger partial charge in [-0.3, -0.25) is 4.79 Å². The van der Waals surface area contributed by atoms with E-state index in [4.69, 9.17) is 5.73 Å². The largest absolute Gasteiger partial charge is 0.463 e. The minimum atomic E-state index is -5.86. The van der Waals surface area contributed by atoms with Crippen LogP contribution in [0.25, 0.3) is 0 Å². The number of nitrogens with one attached hydrogen (secondary N) is 1. The van der Waals surface area contributed by atoms with Gasteiger partial charge in [0, 0.05) is 6.54 Å². The maximum atomic E-state index is 12.2. The van der Waals surface area contributed by atoms with E-state index in [-0.39, 0.29) is 31.9 Å². The topological polar surface area (TPSA) is 55.1 Å². The van der Waals surface area contributed by atoms with Gasteiger partial charge in [0.25, 0.3) is 5.91 Å². The Hall–Kier alpha value is -0.630. The Labute approximate surface area is 88.6 Å². The van der Waals surface area contributed by atoms with Crippen LogP contribution in [0.2, 0.25) is 0 Å². The SMILES string of the molecule is Cl.NCCCNC(=O)C(F)(F)C(F)(F)F. The van der Waals surface area contributed by atoms with Crippen molar-refractivity contribution in [1.82, 2.24) is 5.32 Å². The number of amides is 1. The Kier molecular flexibility index (Phi) is 6.78. The smallest absolute Gasteiger partial charge is 0.351 e. The van der Waals surface area contributed by atoms with Crippen LogP contribution in [0.1, 0.15) is 6.42 Å². The van der Waals surface area contributed by atoms with Crippen molar-refractivity contribution in [2.45, 2.75) is 18.5 Å². The van der Waals surface area contributed by atoms with E-state index in [1.54, 1.807) is 0 Å². The van der Waals surface area contributed by atoms with Gasteiger partial charge in [0.15, 0.2) is 0 Å². The summed E-state index contributed by atoms with van der Waals surface area (Å²) in [4.78, 5) is 10.4. The molecule has 1 amide bonds. The van der Waals surface area contributed by atoms with E-state index in [1.807, 2.05) is 0 Å². The summed E-state index contributed by atoms with van der Waals surface area (Å²) in [5.74, 6) is -7.69. The summed E-state index contributed by atoms with van der Waals surface area (Å²) >= 11 is 0. The molecular weight excluding hydrogens is 247 g/mol. The number of carbonyl (C=O) groups excluding carboxylic acids is 1. The van der Waals surface area contributed by atoms with E-state index in [0.29, 0.717) is 0 Å². The van der Waals surface area contributed by atoms with Gasteiger partial charge in [-0.2, -0.15) is 22.0 Å². The summed E-state index contributed by atoms with van der Waals surface area (Å²) < 4.78 is 59.0. The third kappa shape index (κ3) is 4.61. The molecule has 0 radical (unpaired) electrons. The van der Waals surface area contributed by atoms with Crippen molar-refractivity contribution in [2.24, 2.45) is 5.73 Å². The Morgan fingerprint density at radius 1 is 1.20 bits per heavy atom. The molecule has 3 N–H and O–H groups in total. The van der Waals surface area contributed by atoms with E-state index in [9.17, 15) is 26.7 Å². The van der Waals surface area contributed by atoms with Crippen LogP contribution in [0.15, 0.2) is 0 Å². The number of nitrogens with two attached hydrogens (primary N) is 1. The lowest BCUT2D eigenvalue weighted by Gasteiger charge is -2.18. The normalized spacial score (nSPS) is 11.9. The molecule has 0 heterocycles. The number of hydrogen-bond acceptors (Lipinski definition) is 2. The average molecular weight is 257 g/mol. The van der Waals surface area contributed by atoms with E-state index in [0.717, 1.165) is 0 Å². The van der Waals surface area contributed by atoms with Crippen LogP contribution in [0.3, 0.4) is 0 Å². The number of alkyl halides is 5. The molecule has 0 aromatic rings. The number of hydrogen-bond donors (Lipinski definition) is 2. The molecule has 15 heavy (non-hydrogen) atoms. The maximum Gasteiger partial charge on any atom is 0.463 e. The maximum absolute atomic E-state index is 12.2. The van der Waals surface area contributed by atoms with Gasteiger partial charge in [0.05, 0.1) is 0 Å². The minimum absolute atomic E-state index is 0. The van der Waals surface area contributed by atoms with Gasteiger partial charge in [0.2, 0.25) is 0 Å². The first-order valence-electron chi connectivity index (χ1n) is 3.66. The van der Waals surface area contributed by atoms with Gasteiger partial charge >= 0.3 is 12.1 Å². The first-order chi connectivity index (χ1) is 6.23. The zero-order valence-corrected chi connectivity index (χ0v) is 8.22. The molecule has 0 unspecified atom stereocenters. The quantitative estimate of drug-likeness (QED) is 0.584. The first kappa shape index (κ1) is 16.8. The third-order valence-electron chi connectivity index (χ3n) is 1.31. The van der Waals surface area contributed by atoms with Gasteiger partial charge in [-0.15, -0.1) is 12.4 Å². The molecule has 0 aliphatic heterocycles. The highest BCUT2D eigenvalue weighted by Gasteiger charge is 2.63. The van der Waals surface area contributed by atoms with E-state index < -0.39 is 18.0 Å². The highest BCUT2D eigenvalue weighted by molar-refractivity contribution is 5.85. The molecule has 0 saturated carbocycles. The van der Waals surface area contributed by atoms with Gasteiger partial charge in [-0.1, -0.05) is 0 Å². The molecule has 3 nitrogen and oxygen atoms in total. The summed E-state index contributed by atoms with van der Waals surface area (Å²) in [6.07, 6.45) is -5.72. The van der Waals surface area contributed by atoms with E-state index in [1.165, 1.54) is 5.32 Å². The zero-order chi connectivity index (χ0) is 11.4. The van der Waals surface area contributed by atoms with Crippen LogP contribution in [-0.2, 0) is 4.79 Å². The van der Waals surface area contributed by atoms with Gasteiger partial charge in [0.1, 0.15) is 0 Å². The predicted molar refractivity (Wildman–Crippen MR) is 44.9 cm³/mol. The summed E-state index contributed by atoms with van der Waals surface area (Å²) in [7, 11) is 0. The average Bonchev–Trinajstić information content (AvgIpc) is 2.02. The van der Waals surface area contributed by atoms with Crippen molar-refractivity contribution < 1.29 is 26.7 Å². The lowest BCUT2D eigenvalue weighted by Crippen LogP contribution is -2.50. The second kappa shape index (κ2) is 6.06. The third-order valence-corrected chi connectivity index (χ3v) is 1.31. The van der Waals surface area contributed by atoms with Crippen molar-refractivity contribution in [1.29, 1.82) is 0 Å². The van der Waals surface area contributed by atoms with Crippen LogP contribution in [0, 0.1) is 0 Å². The van der Waals surface area contributed by atoms with Crippen LogP contribution >= 0.6 is 12.4 Å². The van der Waals surface area contributed by atoms with Gasteiger partial charge < -0.3 is 11.1 Å². The highest BCUT2D eigenvalue weighted by atomic mass is 35.5. The molecule has 0 aromatic carbocycles. The van der Waals surface area contributed by atoms with Crippen molar-refractivity contribution >= 4 is 18.3 Å². The van der Waals surface area contributed by atoms with Crippen molar-refractivity contribution in [3.63, 3.8) is 0 Å². The van der Waals surface area contributed by atoms with Crippen LogP contribution in [0.4, 0.5) is 22.0 Å². The van der Waals surface area contributed by atoms with Crippen molar-refractivity contribution in [2.75, 3.05) is 13.1 Å². The molecule has 0 fully saturated rings. The number of rotatable bonds is 4. The Bertz CT molecular complexity index is 208. The Morgan fingerprint density at radius 3 is 2.00 bits per heavy atom. The van der Waals surface area contributed by atoms with E-state index in [2.05, 4.69) is 0 Å². The first-order valence-corrected chi connectivity index (χ1v) is 3.66.